The molecule has 0 aliphatic carbocycles. The molecule has 0 saturated carbocycles. The second-order valence-corrected chi connectivity index (χ2v) is 11.9. The number of sulfonamides is 1. The quantitative estimate of drug-likeness (QED) is 0.396. The van der Waals surface area contributed by atoms with Crippen LogP contribution in [0.3, 0.4) is 0 Å². The zero-order valence-corrected chi connectivity index (χ0v) is 23.6. The van der Waals surface area contributed by atoms with Crippen molar-refractivity contribution in [3.63, 3.8) is 0 Å². The van der Waals surface area contributed by atoms with Crippen LogP contribution in [0.5, 0.6) is 23.0 Å². The van der Waals surface area contributed by atoms with E-state index in [2.05, 4.69) is 5.32 Å². The van der Waals surface area contributed by atoms with E-state index in [1.165, 1.54) is 23.5 Å². The number of carbonyl (C=O) groups is 1. The molecule has 0 radical (unpaired) electrons. The van der Waals surface area contributed by atoms with Crippen molar-refractivity contribution in [2.45, 2.75) is 37.2 Å². The van der Waals surface area contributed by atoms with Gasteiger partial charge in [-0.1, -0.05) is 32.9 Å². The average molecular weight is 555 g/mol. The van der Waals surface area contributed by atoms with E-state index >= 15 is 0 Å². The number of ether oxygens (including phenoxy) is 4. The number of carbonyl (C=O) groups excluding carboxylic acids is 1. The van der Waals surface area contributed by atoms with Crippen molar-refractivity contribution in [2.75, 3.05) is 38.2 Å². The topological polar surface area (TPSA) is 103 Å². The Bertz CT molecular complexity index is 1420. The van der Waals surface area contributed by atoms with Crippen LogP contribution in [0.2, 0.25) is 0 Å². The maximum absolute atomic E-state index is 13.8. The van der Waals surface area contributed by atoms with Gasteiger partial charge in [-0.25, -0.2) is 8.42 Å². The lowest BCUT2D eigenvalue weighted by atomic mass is 9.86. The van der Waals surface area contributed by atoms with Crippen LogP contribution in [0.1, 0.15) is 26.3 Å². The van der Waals surface area contributed by atoms with Gasteiger partial charge in [0.05, 0.1) is 37.9 Å². The number of anilines is 1. The summed E-state index contributed by atoms with van der Waals surface area (Å²) in [6.07, 6.45) is -1.05. The van der Waals surface area contributed by atoms with Crippen LogP contribution in [0.15, 0.2) is 71.6 Å². The lowest BCUT2D eigenvalue weighted by Crippen LogP contribution is -2.51. The maximum atomic E-state index is 13.8. The SMILES string of the molecule is COc1ccc(S(=O)(=O)N2C[C@H](C(=O)NCCOc3cccc(OC)c3)Oc3ccc(C(C)(C)C)cc32)cc1. The summed E-state index contributed by atoms with van der Waals surface area (Å²) >= 11 is 0. The first-order chi connectivity index (χ1) is 18.5. The minimum atomic E-state index is -4.02. The molecule has 3 aromatic rings. The average Bonchev–Trinajstić information content (AvgIpc) is 2.93. The molecule has 4 rings (SSSR count). The molecule has 1 amide bonds. The summed E-state index contributed by atoms with van der Waals surface area (Å²) in [5, 5.41) is 2.79. The fourth-order valence-corrected chi connectivity index (χ4v) is 5.57. The monoisotopic (exact) mass is 554 g/mol. The highest BCUT2D eigenvalue weighted by atomic mass is 32.2. The van der Waals surface area contributed by atoms with Gasteiger partial charge < -0.3 is 24.3 Å². The van der Waals surface area contributed by atoms with E-state index in [0.717, 1.165) is 5.56 Å². The van der Waals surface area contributed by atoms with Crippen molar-refractivity contribution in [2.24, 2.45) is 0 Å². The van der Waals surface area contributed by atoms with Gasteiger partial charge in [-0.2, -0.15) is 0 Å². The fourth-order valence-electron chi connectivity index (χ4n) is 4.10. The molecule has 1 N–H and O–H groups in total. The minimum absolute atomic E-state index is 0.0863. The number of fused-ring (bicyclic) bond motifs is 1. The summed E-state index contributed by atoms with van der Waals surface area (Å²) in [7, 11) is -0.928. The van der Waals surface area contributed by atoms with Gasteiger partial charge in [0.2, 0.25) is 0 Å². The summed E-state index contributed by atoms with van der Waals surface area (Å²) in [5.41, 5.74) is 1.11. The minimum Gasteiger partial charge on any atom is -0.497 e. The molecule has 0 bridgehead atoms. The Morgan fingerprint density at radius 2 is 1.67 bits per heavy atom. The van der Waals surface area contributed by atoms with Gasteiger partial charge in [0.1, 0.15) is 29.6 Å². The molecule has 10 heteroatoms. The molecule has 1 aliphatic rings. The molecular weight excluding hydrogens is 520 g/mol. The summed E-state index contributed by atoms with van der Waals surface area (Å²) in [6, 6.07) is 18.7. The Labute approximate surface area is 229 Å². The molecule has 3 aromatic carbocycles. The predicted octanol–water partition coefficient (Wildman–Crippen LogP) is 4.15. The van der Waals surface area contributed by atoms with Crippen LogP contribution in [0.4, 0.5) is 5.69 Å². The van der Waals surface area contributed by atoms with E-state index in [1.807, 2.05) is 45.0 Å². The Balaban J connectivity index is 1.54. The molecule has 9 nitrogen and oxygen atoms in total. The summed E-state index contributed by atoms with van der Waals surface area (Å²) in [5.74, 6) is 1.69. The second kappa shape index (κ2) is 11.4. The Hall–Kier alpha value is -3.92. The van der Waals surface area contributed by atoms with Crippen molar-refractivity contribution in [3.8, 4) is 23.0 Å². The number of rotatable bonds is 9. The normalized spacial score (nSPS) is 15.1. The van der Waals surface area contributed by atoms with Crippen LogP contribution in [0.25, 0.3) is 0 Å². The number of nitrogens with zero attached hydrogens (tertiary/aromatic N) is 1. The van der Waals surface area contributed by atoms with Gasteiger partial charge in [-0.15, -0.1) is 0 Å². The fraction of sp³-hybridized carbons (Fsp3) is 0.345. The number of hydrogen-bond acceptors (Lipinski definition) is 7. The van der Waals surface area contributed by atoms with Gasteiger partial charge in [0.25, 0.3) is 15.9 Å². The molecule has 1 atom stereocenters. The highest BCUT2D eigenvalue weighted by Crippen LogP contribution is 2.40. The zero-order valence-electron chi connectivity index (χ0n) is 22.8. The number of amides is 1. The smallest absolute Gasteiger partial charge is 0.264 e. The van der Waals surface area contributed by atoms with Gasteiger partial charge >= 0.3 is 0 Å². The van der Waals surface area contributed by atoms with E-state index in [0.29, 0.717) is 28.7 Å². The number of nitrogens with one attached hydrogen (secondary N) is 1. The maximum Gasteiger partial charge on any atom is 0.264 e. The van der Waals surface area contributed by atoms with E-state index < -0.39 is 22.0 Å². The number of hydrogen-bond donors (Lipinski definition) is 1. The number of benzene rings is 3. The van der Waals surface area contributed by atoms with Crippen LogP contribution in [-0.4, -0.2) is 54.3 Å². The number of methoxy groups -OCH3 is 2. The first kappa shape index (κ1) is 28.1. The van der Waals surface area contributed by atoms with Gasteiger partial charge in [-0.3, -0.25) is 9.10 Å². The second-order valence-electron chi connectivity index (χ2n) is 10.1. The van der Waals surface area contributed by atoms with Gasteiger partial charge in [0.15, 0.2) is 6.10 Å². The van der Waals surface area contributed by atoms with Crippen LogP contribution < -0.4 is 28.6 Å². The summed E-state index contributed by atoms with van der Waals surface area (Å²) in [4.78, 5) is 13.2. The molecule has 0 aromatic heterocycles. The molecule has 39 heavy (non-hydrogen) atoms. The molecular formula is C29H34N2O7S. The van der Waals surface area contributed by atoms with E-state index in [4.69, 9.17) is 18.9 Å². The van der Waals surface area contributed by atoms with Crippen molar-refractivity contribution in [1.29, 1.82) is 0 Å². The van der Waals surface area contributed by atoms with Gasteiger partial charge in [0, 0.05) is 6.07 Å². The lowest BCUT2D eigenvalue weighted by molar-refractivity contribution is -0.127. The van der Waals surface area contributed by atoms with Crippen molar-refractivity contribution >= 4 is 21.6 Å². The molecule has 0 saturated heterocycles. The Morgan fingerprint density at radius 3 is 2.33 bits per heavy atom. The zero-order chi connectivity index (χ0) is 28.2. The third kappa shape index (κ3) is 6.39. The largest absolute Gasteiger partial charge is 0.497 e. The van der Waals surface area contributed by atoms with Crippen LogP contribution >= 0.6 is 0 Å². The van der Waals surface area contributed by atoms with E-state index in [1.54, 1.807) is 37.4 Å². The molecule has 0 spiro atoms. The molecule has 1 heterocycles. The standard InChI is InChI=1S/C29H34N2O7S/c1-29(2,3)20-9-14-26-25(17-20)31(39(33,34)24-12-10-21(35-4)11-13-24)19-27(38-26)28(32)30-15-16-37-23-8-6-7-22(18-23)36-5/h6-14,17-18,27H,15-16,19H2,1-5H3,(H,30,32)/t27-/m1/s1. The van der Waals surface area contributed by atoms with Crippen LogP contribution in [0, 0.1) is 0 Å². The van der Waals surface area contributed by atoms with E-state index in [9.17, 15) is 13.2 Å². The molecule has 1 aliphatic heterocycles. The lowest BCUT2D eigenvalue weighted by Gasteiger charge is -2.36. The van der Waals surface area contributed by atoms with Crippen molar-refractivity contribution in [1.82, 2.24) is 5.32 Å². The van der Waals surface area contributed by atoms with E-state index in [-0.39, 0.29) is 30.0 Å². The molecule has 0 unspecified atom stereocenters. The molecule has 208 valence electrons. The Kier molecular flexibility index (Phi) is 8.25. The third-order valence-corrected chi connectivity index (χ3v) is 8.14. The first-order valence-electron chi connectivity index (χ1n) is 12.6. The summed E-state index contributed by atoms with van der Waals surface area (Å²) < 4.78 is 50.9. The molecule has 0 fully saturated rings. The predicted molar refractivity (Wildman–Crippen MR) is 149 cm³/mol. The third-order valence-electron chi connectivity index (χ3n) is 6.35. The van der Waals surface area contributed by atoms with Gasteiger partial charge in [-0.05, 0) is 59.5 Å². The van der Waals surface area contributed by atoms with Crippen molar-refractivity contribution in [3.05, 3.63) is 72.3 Å². The van der Waals surface area contributed by atoms with Crippen LogP contribution in [-0.2, 0) is 20.2 Å². The first-order valence-corrected chi connectivity index (χ1v) is 14.0. The highest BCUT2D eigenvalue weighted by molar-refractivity contribution is 7.92. The highest BCUT2D eigenvalue weighted by Gasteiger charge is 2.38. The van der Waals surface area contributed by atoms with Crippen molar-refractivity contribution < 1.29 is 32.2 Å². The summed E-state index contributed by atoms with van der Waals surface area (Å²) in [6.45, 7) is 6.37. The Morgan fingerprint density at radius 1 is 0.974 bits per heavy atom.